The van der Waals surface area contributed by atoms with Crippen molar-refractivity contribution < 1.29 is 4.79 Å². The summed E-state index contributed by atoms with van der Waals surface area (Å²) in [5, 5.41) is 12.5. The number of guanidine groups is 1. The number of hydrogen-bond donors (Lipinski definition) is 3. The first-order valence-corrected chi connectivity index (χ1v) is 12.5. The average molecular weight is 562 g/mol. The van der Waals surface area contributed by atoms with Gasteiger partial charge in [-0.25, -0.2) is 0 Å². The summed E-state index contributed by atoms with van der Waals surface area (Å²) in [5.74, 6) is 1.06. The average Bonchev–Trinajstić information content (AvgIpc) is 3.33. The maximum Gasteiger partial charge on any atom is 0.234 e. The predicted molar refractivity (Wildman–Crippen MR) is 142 cm³/mol. The van der Waals surface area contributed by atoms with Gasteiger partial charge in [0.2, 0.25) is 5.91 Å². The zero-order valence-corrected chi connectivity index (χ0v) is 22.3. The second-order valence-electron chi connectivity index (χ2n) is 8.79. The lowest BCUT2D eigenvalue weighted by atomic mass is 9.73. The molecule has 2 heterocycles. The van der Waals surface area contributed by atoms with Crippen molar-refractivity contribution in [2.45, 2.75) is 69.7 Å². The molecule has 0 aromatic carbocycles. The molecule has 1 saturated carbocycles. The van der Waals surface area contributed by atoms with E-state index < -0.39 is 0 Å². The zero-order valence-electron chi connectivity index (χ0n) is 19.1. The van der Waals surface area contributed by atoms with E-state index >= 15 is 0 Å². The first kappa shape index (κ1) is 26.4. The van der Waals surface area contributed by atoms with Crippen molar-refractivity contribution >= 4 is 47.2 Å². The fourth-order valence-electron chi connectivity index (χ4n) is 4.72. The van der Waals surface area contributed by atoms with Crippen molar-refractivity contribution in [1.82, 2.24) is 20.9 Å². The van der Waals surface area contributed by atoms with Crippen LogP contribution in [0.5, 0.6) is 0 Å². The van der Waals surface area contributed by atoms with E-state index in [0.29, 0.717) is 12.6 Å². The Morgan fingerprint density at radius 3 is 2.58 bits per heavy atom. The summed E-state index contributed by atoms with van der Waals surface area (Å²) in [6.45, 7) is 6.22. The number of hydrogen-bond acceptors (Lipinski definition) is 4. The van der Waals surface area contributed by atoms with Crippen molar-refractivity contribution in [3.05, 3.63) is 22.4 Å². The molecule has 0 atom stereocenters. The Morgan fingerprint density at radius 2 is 1.97 bits per heavy atom. The Morgan fingerprint density at radius 1 is 1.23 bits per heavy atom. The SMILES string of the molecule is CCCNC(=O)CN1CCC(NC(=NC)NCC2(c3cccs3)CCCCC2)CC1.I. The van der Waals surface area contributed by atoms with Gasteiger partial charge in [-0.05, 0) is 43.6 Å². The Bertz CT molecular complexity index is 668. The number of aliphatic imine (C=N–C) groups is 1. The standard InChI is InChI=1S/C23H39N5OS.HI/c1-3-13-25-21(29)17-28-14-9-19(10-15-28)27-22(24-2)26-18-23(11-5-4-6-12-23)20-8-7-16-30-20;/h7-8,16,19H,3-6,9-15,17-18H2,1-2H3,(H,25,29)(H2,24,26,27);1H. The minimum absolute atomic E-state index is 0. The van der Waals surface area contributed by atoms with Crippen molar-refractivity contribution in [1.29, 1.82) is 0 Å². The summed E-state index contributed by atoms with van der Waals surface area (Å²) in [6, 6.07) is 4.90. The predicted octanol–water partition coefficient (Wildman–Crippen LogP) is 3.72. The largest absolute Gasteiger partial charge is 0.355 e. The molecule has 0 spiro atoms. The van der Waals surface area contributed by atoms with Gasteiger partial charge in [0.05, 0.1) is 6.54 Å². The van der Waals surface area contributed by atoms with E-state index in [4.69, 9.17) is 0 Å². The lowest BCUT2D eigenvalue weighted by Crippen LogP contribution is -2.52. The number of carbonyl (C=O) groups excluding carboxylic acids is 1. The summed E-state index contributed by atoms with van der Waals surface area (Å²) in [4.78, 5) is 20.2. The molecule has 31 heavy (non-hydrogen) atoms. The number of amides is 1. The van der Waals surface area contributed by atoms with Crippen LogP contribution in [0.4, 0.5) is 0 Å². The van der Waals surface area contributed by atoms with Crippen LogP contribution in [-0.2, 0) is 10.2 Å². The Balaban J connectivity index is 0.00000341. The monoisotopic (exact) mass is 561 g/mol. The van der Waals surface area contributed by atoms with Crippen LogP contribution in [0.2, 0.25) is 0 Å². The Hall–Kier alpha value is -0.870. The quantitative estimate of drug-likeness (QED) is 0.257. The molecular formula is C23H40IN5OS. The number of likely N-dealkylation sites (tertiary alicyclic amines) is 1. The number of piperidine rings is 1. The summed E-state index contributed by atoms with van der Waals surface area (Å²) in [7, 11) is 1.86. The molecule has 0 bridgehead atoms. The Kier molecular flexibility index (Phi) is 11.6. The number of thiophene rings is 1. The van der Waals surface area contributed by atoms with Gasteiger partial charge < -0.3 is 16.0 Å². The van der Waals surface area contributed by atoms with Gasteiger partial charge in [0.1, 0.15) is 0 Å². The van der Waals surface area contributed by atoms with Crippen molar-refractivity contribution in [2.75, 3.05) is 39.8 Å². The molecule has 3 rings (SSSR count). The molecule has 176 valence electrons. The van der Waals surface area contributed by atoms with Gasteiger partial charge in [-0.3, -0.25) is 14.7 Å². The van der Waals surface area contributed by atoms with Gasteiger partial charge in [0, 0.05) is 49.6 Å². The molecular weight excluding hydrogens is 521 g/mol. The van der Waals surface area contributed by atoms with E-state index in [1.54, 1.807) is 0 Å². The van der Waals surface area contributed by atoms with E-state index in [1.165, 1.54) is 37.0 Å². The van der Waals surface area contributed by atoms with Crippen LogP contribution in [0.25, 0.3) is 0 Å². The molecule has 6 nitrogen and oxygen atoms in total. The highest BCUT2D eigenvalue weighted by molar-refractivity contribution is 14.0. The second-order valence-corrected chi connectivity index (χ2v) is 9.74. The van der Waals surface area contributed by atoms with Crippen LogP contribution < -0.4 is 16.0 Å². The van der Waals surface area contributed by atoms with Gasteiger partial charge in [-0.15, -0.1) is 35.3 Å². The third-order valence-electron chi connectivity index (χ3n) is 6.54. The van der Waals surface area contributed by atoms with Crippen LogP contribution in [-0.4, -0.2) is 62.6 Å². The number of rotatable bonds is 8. The lowest BCUT2D eigenvalue weighted by Gasteiger charge is -2.38. The molecule has 1 amide bonds. The minimum Gasteiger partial charge on any atom is -0.355 e. The summed E-state index contributed by atoms with van der Waals surface area (Å²) in [5.41, 5.74) is 0.249. The second kappa shape index (κ2) is 13.6. The van der Waals surface area contributed by atoms with Crippen LogP contribution in [0.1, 0.15) is 63.2 Å². The highest BCUT2D eigenvalue weighted by atomic mass is 127. The van der Waals surface area contributed by atoms with Gasteiger partial charge >= 0.3 is 0 Å². The molecule has 1 saturated heterocycles. The number of carbonyl (C=O) groups is 1. The van der Waals surface area contributed by atoms with Crippen molar-refractivity contribution in [3.63, 3.8) is 0 Å². The summed E-state index contributed by atoms with van der Waals surface area (Å²) < 4.78 is 0. The molecule has 2 fully saturated rings. The molecule has 0 unspecified atom stereocenters. The summed E-state index contributed by atoms with van der Waals surface area (Å²) >= 11 is 1.89. The number of halogens is 1. The topological polar surface area (TPSA) is 68.8 Å². The highest BCUT2D eigenvalue weighted by Gasteiger charge is 2.35. The molecule has 1 aromatic heterocycles. The maximum atomic E-state index is 11.9. The zero-order chi connectivity index (χ0) is 21.2. The maximum absolute atomic E-state index is 11.9. The van der Waals surface area contributed by atoms with E-state index in [-0.39, 0.29) is 35.3 Å². The molecule has 1 aliphatic carbocycles. The third-order valence-corrected chi connectivity index (χ3v) is 7.66. The van der Waals surface area contributed by atoms with Gasteiger partial charge in [0.15, 0.2) is 5.96 Å². The number of nitrogens with one attached hydrogen (secondary N) is 3. The van der Waals surface area contributed by atoms with Gasteiger partial charge in [-0.1, -0.05) is 32.3 Å². The van der Waals surface area contributed by atoms with E-state index in [2.05, 4.69) is 50.3 Å². The van der Waals surface area contributed by atoms with Crippen LogP contribution >= 0.6 is 35.3 Å². The van der Waals surface area contributed by atoms with E-state index in [0.717, 1.165) is 51.4 Å². The molecule has 3 N–H and O–H groups in total. The summed E-state index contributed by atoms with van der Waals surface area (Å²) in [6.07, 6.45) is 9.57. The first-order valence-electron chi connectivity index (χ1n) is 11.7. The van der Waals surface area contributed by atoms with Crippen molar-refractivity contribution in [2.24, 2.45) is 4.99 Å². The first-order chi connectivity index (χ1) is 14.6. The van der Waals surface area contributed by atoms with E-state index in [9.17, 15) is 4.79 Å². The normalized spacial score (nSPS) is 20.0. The molecule has 8 heteroatoms. The molecule has 1 aromatic rings. The Labute approximate surface area is 209 Å². The minimum atomic E-state index is 0. The van der Waals surface area contributed by atoms with Crippen LogP contribution in [0.3, 0.4) is 0 Å². The molecule has 2 aliphatic rings. The van der Waals surface area contributed by atoms with E-state index in [1.807, 2.05) is 18.4 Å². The van der Waals surface area contributed by atoms with Gasteiger partial charge in [-0.2, -0.15) is 0 Å². The van der Waals surface area contributed by atoms with Gasteiger partial charge in [0.25, 0.3) is 0 Å². The molecule has 0 radical (unpaired) electrons. The fraction of sp³-hybridized carbons (Fsp3) is 0.739. The number of nitrogens with zero attached hydrogens (tertiary/aromatic N) is 2. The smallest absolute Gasteiger partial charge is 0.234 e. The van der Waals surface area contributed by atoms with Crippen LogP contribution in [0.15, 0.2) is 22.5 Å². The fourth-order valence-corrected chi connectivity index (χ4v) is 5.71. The third kappa shape index (κ3) is 7.89. The molecule has 1 aliphatic heterocycles. The lowest BCUT2D eigenvalue weighted by molar-refractivity contribution is -0.122. The highest BCUT2D eigenvalue weighted by Crippen LogP contribution is 2.41. The van der Waals surface area contributed by atoms with Crippen LogP contribution in [0, 0.1) is 0 Å². The van der Waals surface area contributed by atoms with Crippen molar-refractivity contribution in [3.8, 4) is 0 Å².